The number of hydrogen-bond donors (Lipinski definition) is 2. The Balaban J connectivity index is 3.48. The second kappa shape index (κ2) is 5.41. The second-order valence-corrected chi connectivity index (χ2v) is 2.35. The van der Waals surface area contributed by atoms with E-state index in [9.17, 15) is 0 Å². The van der Waals surface area contributed by atoms with Crippen molar-refractivity contribution in [2.45, 2.75) is 19.8 Å². The van der Waals surface area contributed by atoms with Gasteiger partial charge in [-0.15, -0.1) is 6.58 Å². The molecule has 0 saturated heterocycles. The Morgan fingerprint density at radius 1 is 1.60 bits per heavy atom. The first-order chi connectivity index (χ1) is 4.70. The molecule has 60 valence electrons. The summed E-state index contributed by atoms with van der Waals surface area (Å²) in [6.45, 7) is 5.88. The third kappa shape index (κ3) is 4.49. The van der Waals surface area contributed by atoms with Gasteiger partial charge in [0.1, 0.15) is 0 Å². The maximum atomic E-state index is 8.44. The summed E-state index contributed by atoms with van der Waals surface area (Å²) in [5, 5.41) is 17.1. The van der Waals surface area contributed by atoms with Gasteiger partial charge in [0.15, 0.2) is 0 Å². The van der Waals surface area contributed by atoms with Crippen LogP contribution in [0.3, 0.4) is 0 Å². The van der Waals surface area contributed by atoms with E-state index in [-0.39, 0.29) is 5.23 Å². The Kier molecular flexibility index (Phi) is 5.20. The van der Waals surface area contributed by atoms with Gasteiger partial charge in [0.2, 0.25) is 0 Å². The molecule has 1 unspecified atom stereocenters. The third-order valence-electron chi connectivity index (χ3n) is 1.50. The molecule has 0 fully saturated rings. The monoisotopic (exact) mass is 145 g/mol. The highest BCUT2D eigenvalue weighted by molar-refractivity contribution is 4.72. The molecular weight excluding hydrogens is 130 g/mol. The number of hydrogen-bond acceptors (Lipinski definition) is 3. The molecule has 0 aliphatic rings. The summed E-state index contributed by atoms with van der Waals surface area (Å²) in [6, 6.07) is 0. The largest absolute Gasteiger partial charge is 0.290 e. The predicted molar refractivity (Wildman–Crippen MR) is 38.9 cm³/mol. The third-order valence-corrected chi connectivity index (χ3v) is 1.50. The minimum atomic E-state index is 0.234. The maximum absolute atomic E-state index is 8.44. The molecule has 0 amide bonds. The van der Waals surface area contributed by atoms with E-state index < -0.39 is 0 Å². The van der Waals surface area contributed by atoms with Crippen molar-refractivity contribution >= 4 is 0 Å². The predicted octanol–water partition coefficient (Wildman–Crippen LogP) is 1.67. The molecule has 0 radical (unpaired) electrons. The molecule has 0 spiro atoms. The van der Waals surface area contributed by atoms with Gasteiger partial charge in [-0.3, -0.25) is 10.4 Å². The molecule has 0 aromatic carbocycles. The van der Waals surface area contributed by atoms with Crippen LogP contribution in [0.2, 0.25) is 0 Å². The van der Waals surface area contributed by atoms with Crippen LogP contribution in [0.4, 0.5) is 0 Å². The van der Waals surface area contributed by atoms with E-state index in [0.717, 1.165) is 12.8 Å². The summed E-state index contributed by atoms with van der Waals surface area (Å²) in [7, 11) is 0. The Morgan fingerprint density at radius 3 is 2.50 bits per heavy atom. The number of hydroxylamine groups is 2. The first-order valence-electron chi connectivity index (χ1n) is 3.46. The van der Waals surface area contributed by atoms with Crippen molar-refractivity contribution in [3.8, 4) is 0 Å². The van der Waals surface area contributed by atoms with Crippen molar-refractivity contribution in [2.75, 3.05) is 6.54 Å². The second-order valence-electron chi connectivity index (χ2n) is 2.35. The van der Waals surface area contributed by atoms with E-state index in [0.29, 0.717) is 12.5 Å². The van der Waals surface area contributed by atoms with Crippen LogP contribution < -0.4 is 0 Å². The summed E-state index contributed by atoms with van der Waals surface area (Å²) in [5.41, 5.74) is 0. The highest BCUT2D eigenvalue weighted by Crippen LogP contribution is 2.08. The molecule has 1 atom stereocenters. The van der Waals surface area contributed by atoms with Crippen molar-refractivity contribution in [3.05, 3.63) is 12.7 Å². The van der Waals surface area contributed by atoms with Crippen LogP contribution in [-0.2, 0) is 0 Å². The Hall–Kier alpha value is -0.380. The van der Waals surface area contributed by atoms with Gasteiger partial charge in [0.05, 0.1) is 6.54 Å². The molecule has 0 bridgehead atoms. The number of rotatable bonds is 5. The van der Waals surface area contributed by atoms with Crippen molar-refractivity contribution in [1.82, 2.24) is 5.23 Å². The lowest BCUT2D eigenvalue weighted by Crippen LogP contribution is -2.22. The van der Waals surface area contributed by atoms with Crippen molar-refractivity contribution in [2.24, 2.45) is 5.92 Å². The summed E-state index contributed by atoms with van der Waals surface area (Å²) in [5.74, 6) is 0.299. The lowest BCUT2D eigenvalue weighted by molar-refractivity contribution is -0.312. The van der Waals surface area contributed by atoms with Gasteiger partial charge in [-0.1, -0.05) is 24.6 Å². The van der Waals surface area contributed by atoms with Crippen LogP contribution >= 0.6 is 0 Å². The van der Waals surface area contributed by atoms with Gasteiger partial charge in [-0.2, -0.15) is 0 Å². The average molecular weight is 145 g/mol. The van der Waals surface area contributed by atoms with Gasteiger partial charge in [-0.25, -0.2) is 0 Å². The van der Waals surface area contributed by atoms with Crippen molar-refractivity contribution in [1.29, 1.82) is 0 Å². The fourth-order valence-electron chi connectivity index (χ4n) is 0.837. The smallest absolute Gasteiger partial charge is 0.0543 e. The first-order valence-corrected chi connectivity index (χ1v) is 3.46. The fraction of sp³-hybridized carbons (Fsp3) is 0.714. The lowest BCUT2D eigenvalue weighted by atomic mass is 10.0. The van der Waals surface area contributed by atoms with Crippen LogP contribution in [0.5, 0.6) is 0 Å². The van der Waals surface area contributed by atoms with Gasteiger partial charge in [0, 0.05) is 0 Å². The Labute approximate surface area is 61.5 Å². The standard InChI is InChI=1S/C7H15NO2/c1-3-5-7(4-2)6-8(9)10/h3,7,9-10H,1,4-6H2,2H3. The van der Waals surface area contributed by atoms with E-state index in [1.807, 2.05) is 6.92 Å². The normalized spacial score (nSPS) is 13.6. The van der Waals surface area contributed by atoms with Gasteiger partial charge in [-0.05, 0) is 12.3 Å². The van der Waals surface area contributed by atoms with Crippen LogP contribution in [0, 0.1) is 5.92 Å². The molecule has 0 saturated carbocycles. The molecule has 3 heteroatoms. The van der Waals surface area contributed by atoms with E-state index in [1.165, 1.54) is 0 Å². The molecular formula is C7H15NO2. The highest BCUT2D eigenvalue weighted by atomic mass is 16.8. The molecule has 0 heterocycles. The minimum absolute atomic E-state index is 0.234. The molecule has 0 aromatic rings. The summed E-state index contributed by atoms with van der Waals surface area (Å²) >= 11 is 0. The molecule has 2 N–H and O–H groups in total. The highest BCUT2D eigenvalue weighted by Gasteiger charge is 2.06. The van der Waals surface area contributed by atoms with Crippen LogP contribution in [0.25, 0.3) is 0 Å². The number of allylic oxidation sites excluding steroid dienone is 1. The summed E-state index contributed by atoms with van der Waals surface area (Å²) in [4.78, 5) is 0. The van der Waals surface area contributed by atoms with Crippen molar-refractivity contribution in [3.63, 3.8) is 0 Å². The van der Waals surface area contributed by atoms with E-state index in [2.05, 4.69) is 6.58 Å². The maximum Gasteiger partial charge on any atom is 0.0543 e. The Bertz CT molecular complexity index is 93.6. The summed E-state index contributed by atoms with van der Waals surface area (Å²) < 4.78 is 0. The topological polar surface area (TPSA) is 43.7 Å². The molecule has 0 aromatic heterocycles. The summed E-state index contributed by atoms with van der Waals surface area (Å²) in [6.07, 6.45) is 3.55. The zero-order chi connectivity index (χ0) is 7.98. The van der Waals surface area contributed by atoms with E-state index in [4.69, 9.17) is 10.4 Å². The minimum Gasteiger partial charge on any atom is -0.290 e. The van der Waals surface area contributed by atoms with Crippen LogP contribution in [0.15, 0.2) is 12.7 Å². The Morgan fingerprint density at radius 2 is 2.20 bits per heavy atom. The number of nitrogens with zero attached hydrogens (tertiary/aromatic N) is 1. The molecule has 3 nitrogen and oxygen atoms in total. The zero-order valence-corrected chi connectivity index (χ0v) is 6.32. The van der Waals surface area contributed by atoms with Crippen molar-refractivity contribution < 1.29 is 10.4 Å². The lowest BCUT2D eigenvalue weighted by Gasteiger charge is -2.14. The fourth-order valence-corrected chi connectivity index (χ4v) is 0.837. The van der Waals surface area contributed by atoms with Crippen LogP contribution in [0.1, 0.15) is 19.8 Å². The quantitative estimate of drug-likeness (QED) is 0.457. The average Bonchev–Trinajstić information content (AvgIpc) is 1.86. The molecule has 0 aliphatic carbocycles. The SMILES string of the molecule is C=CCC(CC)CN(O)O. The van der Waals surface area contributed by atoms with E-state index >= 15 is 0 Å². The molecule has 10 heavy (non-hydrogen) atoms. The van der Waals surface area contributed by atoms with Gasteiger partial charge < -0.3 is 0 Å². The van der Waals surface area contributed by atoms with Crippen LogP contribution in [-0.4, -0.2) is 22.2 Å². The molecule has 0 rings (SSSR count). The zero-order valence-electron chi connectivity index (χ0n) is 6.32. The first kappa shape index (κ1) is 9.62. The molecule has 0 aliphatic heterocycles. The van der Waals surface area contributed by atoms with Gasteiger partial charge in [0.25, 0.3) is 0 Å². The van der Waals surface area contributed by atoms with E-state index in [1.54, 1.807) is 6.08 Å². The van der Waals surface area contributed by atoms with Gasteiger partial charge >= 0.3 is 0 Å².